The molecule has 1 rings (SSSR count). The van der Waals surface area contributed by atoms with E-state index in [-0.39, 0.29) is 0 Å². The molecule has 0 aliphatic heterocycles. The second-order valence-corrected chi connectivity index (χ2v) is 3.14. The van der Waals surface area contributed by atoms with Crippen molar-refractivity contribution in [3.05, 3.63) is 29.8 Å². The first-order chi connectivity index (χ1) is 6.29. The van der Waals surface area contributed by atoms with Crippen LogP contribution in [0.25, 0.3) is 6.08 Å². The van der Waals surface area contributed by atoms with Crippen LogP contribution in [0.4, 0.5) is 5.69 Å². The molecule has 0 unspecified atom stereocenters. The molecule has 70 valence electrons. The average molecular weight is 289 g/mol. The third-order valence-corrected chi connectivity index (χ3v) is 1.97. The van der Waals surface area contributed by atoms with Gasteiger partial charge >= 0.3 is 0 Å². The molecule has 0 aliphatic rings. The highest BCUT2D eigenvalue weighted by Gasteiger charge is 2.01. The topological polar surface area (TPSA) is 35.2 Å². The Balaban J connectivity index is 3.03. The molecule has 1 aromatic carbocycles. The number of benzene rings is 1. The summed E-state index contributed by atoms with van der Waals surface area (Å²) in [5.41, 5.74) is 7.59. The quantitative estimate of drug-likeness (QED) is 0.527. The zero-order chi connectivity index (χ0) is 9.68. The van der Waals surface area contributed by atoms with Crippen LogP contribution in [0.15, 0.2) is 24.3 Å². The Labute approximate surface area is 91.9 Å². The Hall–Kier alpha value is -0.710. The molecule has 0 aliphatic carbocycles. The van der Waals surface area contributed by atoms with Gasteiger partial charge in [0, 0.05) is 5.56 Å². The van der Waals surface area contributed by atoms with Crippen LogP contribution in [0.3, 0.4) is 0 Å². The second kappa shape index (κ2) is 5.11. The van der Waals surface area contributed by atoms with Crippen LogP contribution in [0, 0.1) is 0 Å². The molecule has 0 bridgehead atoms. The molecule has 1 aromatic rings. The van der Waals surface area contributed by atoms with Gasteiger partial charge in [0.2, 0.25) is 0 Å². The molecule has 0 heterocycles. The van der Waals surface area contributed by atoms with Gasteiger partial charge in [0.25, 0.3) is 0 Å². The predicted octanol–water partition coefficient (Wildman–Crippen LogP) is 3.07. The lowest BCUT2D eigenvalue weighted by Gasteiger charge is -2.07. The monoisotopic (exact) mass is 289 g/mol. The number of allylic oxidation sites excluding steroid dienone is 1. The molecule has 0 saturated heterocycles. The molecule has 0 aromatic heterocycles. The lowest BCUT2D eigenvalue weighted by molar-refractivity contribution is 0.406. The molecule has 0 amide bonds. The smallest absolute Gasteiger partial charge is 0.143 e. The summed E-state index contributed by atoms with van der Waals surface area (Å²) < 4.78 is 5.96. The number of hydrogen-bond acceptors (Lipinski definition) is 2. The molecule has 0 atom stereocenters. The Bertz CT molecular complexity index is 310. The number of rotatable bonds is 3. The number of para-hydroxylation sites is 1. The van der Waals surface area contributed by atoms with Crippen LogP contribution in [0.5, 0.6) is 5.75 Å². The molecular weight excluding hydrogens is 277 g/mol. The van der Waals surface area contributed by atoms with Gasteiger partial charge in [-0.2, -0.15) is 0 Å². The molecule has 13 heavy (non-hydrogen) atoms. The molecule has 0 radical (unpaired) electrons. The van der Waals surface area contributed by atoms with E-state index in [9.17, 15) is 0 Å². The lowest BCUT2D eigenvalue weighted by atomic mass is 10.1. The first-order valence-corrected chi connectivity index (χ1v) is 5.52. The molecule has 3 heteroatoms. The standard InChI is InChI=1S/C10H12INO/c1-2-4-8-5-3-6-9(10(8)12)13-7-11/h2-6H,7,12H2,1H3/b4-2-. The van der Waals surface area contributed by atoms with Gasteiger partial charge in [0.1, 0.15) is 10.4 Å². The summed E-state index contributed by atoms with van der Waals surface area (Å²) in [6.07, 6.45) is 3.93. The first-order valence-electron chi connectivity index (χ1n) is 3.99. The molecular formula is C10H12INO. The van der Waals surface area contributed by atoms with Crippen LogP contribution in [-0.4, -0.2) is 4.61 Å². The van der Waals surface area contributed by atoms with Crippen molar-refractivity contribution in [2.24, 2.45) is 0 Å². The summed E-state index contributed by atoms with van der Waals surface area (Å²) in [5.74, 6) is 0.755. The Morgan fingerprint density at radius 1 is 1.54 bits per heavy atom. The maximum absolute atomic E-state index is 5.88. The molecule has 0 spiro atoms. The van der Waals surface area contributed by atoms with Gasteiger partial charge in [0.15, 0.2) is 0 Å². The number of hydrogen-bond donors (Lipinski definition) is 1. The van der Waals surface area contributed by atoms with Crippen molar-refractivity contribution in [3.8, 4) is 5.75 Å². The average Bonchev–Trinajstić information content (AvgIpc) is 2.13. The number of halogens is 1. The Morgan fingerprint density at radius 2 is 2.31 bits per heavy atom. The Kier molecular flexibility index (Phi) is 4.08. The Morgan fingerprint density at radius 3 is 2.92 bits per heavy atom. The zero-order valence-electron chi connectivity index (χ0n) is 7.46. The van der Waals surface area contributed by atoms with Crippen molar-refractivity contribution < 1.29 is 4.74 Å². The van der Waals surface area contributed by atoms with E-state index < -0.39 is 0 Å². The number of nitrogen functional groups attached to an aromatic ring is 1. The van der Waals surface area contributed by atoms with E-state index in [1.807, 2.05) is 37.3 Å². The van der Waals surface area contributed by atoms with Crippen LogP contribution in [-0.2, 0) is 0 Å². The van der Waals surface area contributed by atoms with Gasteiger partial charge in [-0.05, 0) is 35.6 Å². The first kappa shape index (κ1) is 10.4. The summed E-state index contributed by atoms with van der Waals surface area (Å²) >= 11 is 2.14. The highest BCUT2D eigenvalue weighted by atomic mass is 127. The van der Waals surface area contributed by atoms with E-state index in [2.05, 4.69) is 22.6 Å². The molecule has 2 nitrogen and oxygen atoms in total. The van der Waals surface area contributed by atoms with E-state index in [0.29, 0.717) is 10.3 Å². The van der Waals surface area contributed by atoms with Crippen LogP contribution < -0.4 is 10.5 Å². The van der Waals surface area contributed by atoms with Crippen LogP contribution >= 0.6 is 22.6 Å². The summed E-state index contributed by atoms with van der Waals surface area (Å²) in [6.45, 7) is 1.96. The third kappa shape index (κ3) is 2.62. The van der Waals surface area contributed by atoms with E-state index >= 15 is 0 Å². The molecule has 0 saturated carbocycles. The van der Waals surface area contributed by atoms with E-state index in [4.69, 9.17) is 10.5 Å². The maximum Gasteiger partial charge on any atom is 0.143 e. The van der Waals surface area contributed by atoms with Crippen LogP contribution in [0.1, 0.15) is 12.5 Å². The summed E-state index contributed by atoms with van der Waals surface area (Å²) in [6, 6.07) is 5.78. The molecule has 0 fully saturated rings. The minimum absolute atomic E-state index is 0.612. The predicted molar refractivity (Wildman–Crippen MR) is 65.1 cm³/mol. The van der Waals surface area contributed by atoms with E-state index in [1.54, 1.807) is 0 Å². The highest BCUT2D eigenvalue weighted by Crippen LogP contribution is 2.26. The largest absolute Gasteiger partial charge is 0.481 e. The lowest BCUT2D eigenvalue weighted by Crippen LogP contribution is -1.96. The van der Waals surface area contributed by atoms with Gasteiger partial charge < -0.3 is 10.5 Å². The number of anilines is 1. The SMILES string of the molecule is C/C=C\c1cccc(OCI)c1N. The zero-order valence-corrected chi connectivity index (χ0v) is 9.61. The van der Waals surface area contributed by atoms with Gasteiger partial charge in [-0.3, -0.25) is 0 Å². The number of ether oxygens (including phenoxy) is 1. The van der Waals surface area contributed by atoms with Gasteiger partial charge in [0.05, 0.1) is 5.69 Å². The minimum atomic E-state index is 0.612. The van der Waals surface area contributed by atoms with Crippen molar-refractivity contribution in [3.63, 3.8) is 0 Å². The fraction of sp³-hybridized carbons (Fsp3) is 0.200. The van der Waals surface area contributed by atoms with Crippen molar-refractivity contribution in [2.45, 2.75) is 6.92 Å². The summed E-state index contributed by atoms with van der Waals surface area (Å²) in [7, 11) is 0. The number of nitrogens with two attached hydrogens (primary N) is 1. The van der Waals surface area contributed by atoms with E-state index in [1.165, 1.54) is 0 Å². The van der Waals surface area contributed by atoms with Crippen molar-refractivity contribution >= 4 is 34.4 Å². The van der Waals surface area contributed by atoms with Crippen molar-refractivity contribution in [2.75, 3.05) is 10.3 Å². The fourth-order valence-corrected chi connectivity index (χ4v) is 1.41. The minimum Gasteiger partial charge on any atom is -0.481 e. The summed E-state index contributed by atoms with van der Waals surface area (Å²) in [5, 5.41) is 0. The maximum atomic E-state index is 5.88. The normalized spacial score (nSPS) is 10.6. The van der Waals surface area contributed by atoms with Gasteiger partial charge in [-0.1, -0.05) is 24.3 Å². The fourth-order valence-electron chi connectivity index (χ4n) is 1.07. The third-order valence-electron chi connectivity index (χ3n) is 1.66. The van der Waals surface area contributed by atoms with E-state index in [0.717, 1.165) is 11.3 Å². The number of alkyl halides is 1. The van der Waals surface area contributed by atoms with Gasteiger partial charge in [-0.25, -0.2) is 0 Å². The van der Waals surface area contributed by atoms with Crippen LogP contribution in [0.2, 0.25) is 0 Å². The van der Waals surface area contributed by atoms with Crippen molar-refractivity contribution in [1.29, 1.82) is 0 Å². The second-order valence-electron chi connectivity index (χ2n) is 2.51. The highest BCUT2D eigenvalue weighted by molar-refractivity contribution is 14.1. The summed E-state index contributed by atoms with van der Waals surface area (Å²) in [4.78, 5) is 0. The molecule has 2 N–H and O–H groups in total. The van der Waals surface area contributed by atoms with Gasteiger partial charge in [-0.15, -0.1) is 0 Å². The van der Waals surface area contributed by atoms with Crippen molar-refractivity contribution in [1.82, 2.24) is 0 Å².